The second-order valence-corrected chi connectivity index (χ2v) is 8.73. The average molecular weight is 499 g/mol. The van der Waals surface area contributed by atoms with Crippen LogP contribution in [0.3, 0.4) is 0 Å². The Morgan fingerprint density at radius 1 is 0.632 bits per heavy atom. The summed E-state index contributed by atoms with van der Waals surface area (Å²) in [5, 5.41) is 5.77. The van der Waals surface area contributed by atoms with Gasteiger partial charge in [-0.1, -0.05) is 111 Å². The number of benzene rings is 4. The molecule has 4 heteroatoms. The second-order valence-electron chi connectivity index (χ2n) is 8.73. The third-order valence-corrected chi connectivity index (χ3v) is 5.92. The Balaban J connectivity index is 1.42. The quantitative estimate of drug-likeness (QED) is 0.181. The zero-order chi connectivity index (χ0) is 26.7. The van der Waals surface area contributed by atoms with E-state index in [0.29, 0.717) is 16.9 Å². The van der Waals surface area contributed by atoms with Crippen molar-refractivity contribution in [2.75, 3.05) is 10.6 Å². The molecule has 2 amide bonds. The highest BCUT2D eigenvalue weighted by atomic mass is 16.2. The molecule has 0 saturated heterocycles. The monoisotopic (exact) mass is 498 g/mol. The van der Waals surface area contributed by atoms with Gasteiger partial charge in [-0.15, -0.1) is 0 Å². The lowest BCUT2D eigenvalue weighted by Crippen LogP contribution is -2.16. The molecular formula is C34H30N2O2. The lowest BCUT2D eigenvalue weighted by atomic mass is 10.1. The molecule has 38 heavy (non-hydrogen) atoms. The highest BCUT2D eigenvalue weighted by Gasteiger charge is 2.12. The molecule has 0 radical (unpaired) electrons. The van der Waals surface area contributed by atoms with E-state index >= 15 is 0 Å². The first kappa shape index (κ1) is 26.1. The van der Waals surface area contributed by atoms with Crippen LogP contribution in [0.15, 0.2) is 145 Å². The van der Waals surface area contributed by atoms with Gasteiger partial charge < -0.3 is 10.6 Å². The summed E-state index contributed by atoms with van der Waals surface area (Å²) in [6.07, 6.45) is 5.84. The average Bonchev–Trinajstić information content (AvgIpc) is 2.96. The number of anilines is 2. The summed E-state index contributed by atoms with van der Waals surface area (Å²) < 4.78 is 0. The summed E-state index contributed by atoms with van der Waals surface area (Å²) >= 11 is 0. The van der Waals surface area contributed by atoms with Crippen molar-refractivity contribution < 1.29 is 9.59 Å². The van der Waals surface area contributed by atoms with E-state index in [-0.39, 0.29) is 17.4 Å². The molecule has 0 heterocycles. The van der Waals surface area contributed by atoms with Crippen LogP contribution in [0.25, 0.3) is 22.3 Å². The van der Waals surface area contributed by atoms with Gasteiger partial charge in [0.2, 0.25) is 0 Å². The van der Waals surface area contributed by atoms with Crippen LogP contribution in [-0.2, 0) is 9.59 Å². The van der Waals surface area contributed by atoms with Gasteiger partial charge in [-0.25, -0.2) is 0 Å². The molecule has 0 spiro atoms. The summed E-state index contributed by atoms with van der Waals surface area (Å²) in [7, 11) is 0. The van der Waals surface area contributed by atoms with Crippen molar-refractivity contribution in [1.82, 2.24) is 0 Å². The lowest BCUT2D eigenvalue weighted by Gasteiger charge is -2.10. The SMILES string of the molecule is C=C(C=C(C=CCC)C(=O)Nc1ccc(-c2ccccc2)cc1)C(=O)Nc1ccc(-c2ccccc2)cc1. The van der Waals surface area contributed by atoms with Crippen LogP contribution in [0.1, 0.15) is 13.3 Å². The molecule has 0 aliphatic heterocycles. The van der Waals surface area contributed by atoms with Crippen molar-refractivity contribution in [2.45, 2.75) is 13.3 Å². The Hall–Kier alpha value is -4.96. The molecule has 0 aromatic heterocycles. The molecule has 0 bridgehead atoms. The van der Waals surface area contributed by atoms with E-state index in [0.717, 1.165) is 28.7 Å². The Labute approximate surface area is 224 Å². The number of carbonyl (C=O) groups is 2. The fraction of sp³-hybridized carbons (Fsp3) is 0.0588. The smallest absolute Gasteiger partial charge is 0.255 e. The molecule has 0 atom stereocenters. The zero-order valence-electron chi connectivity index (χ0n) is 21.4. The number of amides is 2. The van der Waals surface area contributed by atoms with Gasteiger partial charge in [0, 0.05) is 22.5 Å². The maximum absolute atomic E-state index is 13.1. The van der Waals surface area contributed by atoms with E-state index in [1.165, 1.54) is 6.08 Å². The van der Waals surface area contributed by atoms with Gasteiger partial charge in [0.15, 0.2) is 0 Å². The summed E-state index contributed by atoms with van der Waals surface area (Å²) in [4.78, 5) is 25.9. The first-order valence-electron chi connectivity index (χ1n) is 12.5. The highest BCUT2D eigenvalue weighted by molar-refractivity contribution is 6.10. The molecule has 4 aromatic rings. The molecular weight excluding hydrogens is 468 g/mol. The van der Waals surface area contributed by atoms with E-state index in [1.807, 2.05) is 122 Å². The largest absolute Gasteiger partial charge is 0.322 e. The van der Waals surface area contributed by atoms with Crippen LogP contribution in [-0.4, -0.2) is 11.8 Å². The highest BCUT2D eigenvalue weighted by Crippen LogP contribution is 2.23. The Morgan fingerprint density at radius 2 is 1.05 bits per heavy atom. The predicted molar refractivity (Wildman–Crippen MR) is 158 cm³/mol. The minimum absolute atomic E-state index is 0.183. The molecule has 2 N–H and O–H groups in total. The molecule has 0 aliphatic rings. The number of nitrogens with one attached hydrogen (secondary N) is 2. The zero-order valence-corrected chi connectivity index (χ0v) is 21.4. The number of carbonyl (C=O) groups excluding carboxylic acids is 2. The topological polar surface area (TPSA) is 58.2 Å². The van der Waals surface area contributed by atoms with Crippen LogP contribution in [0.2, 0.25) is 0 Å². The fourth-order valence-corrected chi connectivity index (χ4v) is 3.86. The summed E-state index contributed by atoms with van der Waals surface area (Å²) in [6.45, 7) is 5.88. The summed E-state index contributed by atoms with van der Waals surface area (Å²) in [5.41, 5.74) is 6.17. The van der Waals surface area contributed by atoms with Gasteiger partial charge in [-0.2, -0.15) is 0 Å². The fourth-order valence-electron chi connectivity index (χ4n) is 3.86. The Bertz CT molecular complexity index is 1450. The molecule has 0 aliphatic carbocycles. The Kier molecular flexibility index (Phi) is 8.82. The number of hydrogen-bond acceptors (Lipinski definition) is 2. The maximum Gasteiger partial charge on any atom is 0.255 e. The third-order valence-electron chi connectivity index (χ3n) is 5.92. The molecule has 0 saturated carbocycles. The van der Waals surface area contributed by atoms with Crippen LogP contribution >= 0.6 is 0 Å². The third kappa shape index (κ3) is 7.05. The first-order chi connectivity index (χ1) is 18.5. The molecule has 0 unspecified atom stereocenters. The van der Waals surface area contributed by atoms with Crippen molar-refractivity contribution in [3.05, 3.63) is 145 Å². The van der Waals surface area contributed by atoms with Gasteiger partial charge in [0.05, 0.1) is 0 Å². The van der Waals surface area contributed by atoms with E-state index in [9.17, 15) is 9.59 Å². The van der Waals surface area contributed by atoms with Gasteiger partial charge in [0.1, 0.15) is 0 Å². The predicted octanol–water partition coefficient (Wildman–Crippen LogP) is 8.05. The molecule has 4 rings (SSSR count). The van der Waals surface area contributed by atoms with Crippen molar-refractivity contribution in [2.24, 2.45) is 0 Å². The molecule has 4 nitrogen and oxygen atoms in total. The number of rotatable bonds is 9. The molecule has 188 valence electrons. The normalized spacial score (nSPS) is 11.2. The lowest BCUT2D eigenvalue weighted by molar-refractivity contribution is -0.112. The molecule has 0 fully saturated rings. The van der Waals surface area contributed by atoms with Gasteiger partial charge in [-0.05, 0) is 59.0 Å². The number of allylic oxidation sites excluding steroid dienone is 1. The summed E-state index contributed by atoms with van der Waals surface area (Å²) in [6, 6.07) is 35.3. The summed E-state index contributed by atoms with van der Waals surface area (Å²) in [5.74, 6) is -0.691. The van der Waals surface area contributed by atoms with Crippen molar-refractivity contribution in [3.63, 3.8) is 0 Å². The van der Waals surface area contributed by atoms with Crippen molar-refractivity contribution in [1.29, 1.82) is 0 Å². The van der Waals surface area contributed by atoms with Crippen molar-refractivity contribution in [3.8, 4) is 22.3 Å². The van der Waals surface area contributed by atoms with E-state index in [2.05, 4.69) is 17.2 Å². The Morgan fingerprint density at radius 3 is 1.50 bits per heavy atom. The second kappa shape index (κ2) is 12.8. The first-order valence-corrected chi connectivity index (χ1v) is 12.5. The van der Waals surface area contributed by atoms with Crippen LogP contribution in [0, 0.1) is 0 Å². The van der Waals surface area contributed by atoms with Crippen molar-refractivity contribution >= 4 is 23.2 Å². The van der Waals surface area contributed by atoms with E-state index < -0.39 is 0 Å². The van der Waals surface area contributed by atoms with Gasteiger partial charge in [-0.3, -0.25) is 9.59 Å². The minimum Gasteiger partial charge on any atom is -0.322 e. The molecule has 4 aromatic carbocycles. The van der Waals surface area contributed by atoms with Crippen LogP contribution in [0.5, 0.6) is 0 Å². The van der Waals surface area contributed by atoms with E-state index in [1.54, 1.807) is 6.08 Å². The standard InChI is InChI=1S/C34H30N2O2/c1-3-4-11-30(34(38)36-32-22-18-29(19-23-32)27-14-9-6-10-15-27)24-25(2)33(37)35-31-20-16-28(17-21-31)26-12-7-5-8-13-26/h4-24H,2-3H2,1H3,(H,35,37)(H,36,38). The minimum atomic E-state index is -0.375. The number of hydrogen-bond donors (Lipinski definition) is 2. The van der Waals surface area contributed by atoms with Gasteiger partial charge >= 0.3 is 0 Å². The maximum atomic E-state index is 13.1. The van der Waals surface area contributed by atoms with Gasteiger partial charge in [0.25, 0.3) is 11.8 Å². The van der Waals surface area contributed by atoms with Crippen LogP contribution in [0.4, 0.5) is 11.4 Å². The van der Waals surface area contributed by atoms with Crippen LogP contribution < -0.4 is 10.6 Å². The van der Waals surface area contributed by atoms with E-state index in [4.69, 9.17) is 0 Å².